The summed E-state index contributed by atoms with van der Waals surface area (Å²) in [7, 11) is 0. The number of carbonyl (C=O) groups is 1. The summed E-state index contributed by atoms with van der Waals surface area (Å²) < 4.78 is 5.59. The van der Waals surface area contributed by atoms with E-state index in [1.54, 1.807) is 0 Å². The van der Waals surface area contributed by atoms with Gasteiger partial charge >= 0.3 is 0 Å². The molecule has 0 heterocycles. The van der Waals surface area contributed by atoms with Gasteiger partial charge in [0.15, 0.2) is 0 Å². The smallest absolute Gasteiger partial charge is 0.255 e. The van der Waals surface area contributed by atoms with Crippen LogP contribution in [0.3, 0.4) is 0 Å². The quantitative estimate of drug-likeness (QED) is 0.912. The molecule has 0 saturated heterocycles. The van der Waals surface area contributed by atoms with E-state index in [0.29, 0.717) is 23.3 Å². The number of nitrogens with one attached hydrogen (secondary N) is 1. The average molecular weight is 301 g/mol. The van der Waals surface area contributed by atoms with Crippen LogP contribution in [-0.4, -0.2) is 18.6 Å². The van der Waals surface area contributed by atoms with E-state index < -0.39 is 0 Å². The molecule has 3 rings (SSSR count). The monoisotopic (exact) mass is 301 g/mol. The van der Waals surface area contributed by atoms with Gasteiger partial charge in [0.05, 0.1) is 12.2 Å². The minimum absolute atomic E-state index is 0.00127. The van der Waals surface area contributed by atoms with Crippen LogP contribution in [0.5, 0.6) is 5.75 Å². The molecule has 120 valence electrons. The Morgan fingerprint density at radius 2 is 2.05 bits per heavy atom. The number of para-hydroxylation sites is 1. The molecule has 2 saturated carbocycles. The van der Waals surface area contributed by atoms with E-state index in [9.17, 15) is 4.79 Å². The van der Waals surface area contributed by atoms with Gasteiger partial charge in [-0.2, -0.15) is 0 Å². The van der Waals surface area contributed by atoms with Gasteiger partial charge in [0.1, 0.15) is 5.75 Å². The second kappa shape index (κ2) is 5.29. The van der Waals surface area contributed by atoms with Crippen LogP contribution < -0.4 is 10.1 Å². The van der Waals surface area contributed by atoms with Crippen LogP contribution in [0.15, 0.2) is 24.3 Å². The fraction of sp³-hybridized carbons (Fsp3) is 0.632. The highest BCUT2D eigenvalue weighted by atomic mass is 16.5. The first kappa shape index (κ1) is 15.4. The van der Waals surface area contributed by atoms with E-state index in [-0.39, 0.29) is 17.4 Å². The highest BCUT2D eigenvalue weighted by Crippen LogP contribution is 2.65. The van der Waals surface area contributed by atoms with Crippen molar-refractivity contribution in [3.05, 3.63) is 29.8 Å². The van der Waals surface area contributed by atoms with E-state index in [1.165, 1.54) is 12.8 Å². The summed E-state index contributed by atoms with van der Waals surface area (Å²) in [5.74, 6) is 1.40. The predicted molar refractivity (Wildman–Crippen MR) is 88.1 cm³/mol. The van der Waals surface area contributed by atoms with Crippen molar-refractivity contribution >= 4 is 5.91 Å². The van der Waals surface area contributed by atoms with Crippen molar-refractivity contribution in [2.24, 2.45) is 16.7 Å². The topological polar surface area (TPSA) is 38.3 Å². The third-order valence-corrected chi connectivity index (χ3v) is 6.53. The lowest BCUT2D eigenvalue weighted by Crippen LogP contribution is -2.46. The highest BCUT2D eigenvalue weighted by Gasteiger charge is 2.61. The number of hydrogen-bond acceptors (Lipinski definition) is 2. The lowest BCUT2D eigenvalue weighted by molar-refractivity contribution is 0.0823. The van der Waals surface area contributed by atoms with Gasteiger partial charge in [-0.25, -0.2) is 0 Å². The Hall–Kier alpha value is -1.51. The maximum Gasteiger partial charge on any atom is 0.255 e. The first-order valence-electron chi connectivity index (χ1n) is 8.43. The molecule has 1 aromatic carbocycles. The van der Waals surface area contributed by atoms with Crippen molar-refractivity contribution in [2.75, 3.05) is 6.61 Å². The zero-order valence-corrected chi connectivity index (χ0v) is 14.1. The molecule has 1 N–H and O–H groups in total. The van der Waals surface area contributed by atoms with E-state index in [1.807, 2.05) is 31.2 Å². The third-order valence-electron chi connectivity index (χ3n) is 6.53. The predicted octanol–water partition coefficient (Wildman–Crippen LogP) is 4.03. The van der Waals surface area contributed by atoms with Crippen LogP contribution >= 0.6 is 0 Å². The number of amides is 1. The van der Waals surface area contributed by atoms with Gasteiger partial charge in [-0.1, -0.05) is 32.9 Å². The van der Waals surface area contributed by atoms with Crippen LogP contribution in [-0.2, 0) is 0 Å². The fourth-order valence-corrected chi connectivity index (χ4v) is 4.59. The average Bonchev–Trinajstić information content (AvgIpc) is 2.81. The molecule has 0 aromatic heterocycles. The SMILES string of the molecule is CCOc1ccccc1C(=O)N[C@@H]1C[C@H]2CC[C@@]1(C)C2(C)C. The molecule has 0 spiro atoms. The summed E-state index contributed by atoms with van der Waals surface area (Å²) in [4.78, 5) is 12.7. The van der Waals surface area contributed by atoms with Gasteiger partial charge in [0, 0.05) is 6.04 Å². The molecule has 0 radical (unpaired) electrons. The first-order chi connectivity index (χ1) is 10.4. The van der Waals surface area contributed by atoms with Crippen molar-refractivity contribution in [1.82, 2.24) is 5.32 Å². The molecule has 0 unspecified atom stereocenters. The number of hydrogen-bond donors (Lipinski definition) is 1. The Morgan fingerprint density at radius 1 is 1.32 bits per heavy atom. The van der Waals surface area contributed by atoms with E-state index in [2.05, 4.69) is 26.1 Å². The van der Waals surface area contributed by atoms with Gasteiger partial charge in [0.2, 0.25) is 0 Å². The van der Waals surface area contributed by atoms with Crippen LogP contribution in [0.4, 0.5) is 0 Å². The van der Waals surface area contributed by atoms with Gasteiger partial charge < -0.3 is 10.1 Å². The van der Waals surface area contributed by atoms with Gasteiger partial charge in [-0.3, -0.25) is 4.79 Å². The maximum absolute atomic E-state index is 12.7. The standard InChI is InChI=1S/C19H27NO2/c1-5-22-15-9-7-6-8-14(15)17(21)20-16-12-13-10-11-19(16,4)18(13,2)3/h6-9,13,16H,5,10-12H2,1-4H3,(H,20,21)/t13-,16-,19-/m1/s1. The van der Waals surface area contributed by atoms with Crippen LogP contribution in [0.1, 0.15) is 57.3 Å². The largest absolute Gasteiger partial charge is 0.493 e. The molecule has 22 heavy (non-hydrogen) atoms. The van der Waals surface area contributed by atoms with Crippen molar-refractivity contribution in [1.29, 1.82) is 0 Å². The lowest BCUT2D eigenvalue weighted by Gasteiger charge is -2.39. The lowest BCUT2D eigenvalue weighted by atomic mass is 9.69. The molecular weight excluding hydrogens is 274 g/mol. The Labute approximate surface area is 133 Å². The second-order valence-electron chi connectivity index (χ2n) is 7.57. The van der Waals surface area contributed by atoms with Gasteiger partial charge in [-0.15, -0.1) is 0 Å². The molecular formula is C19H27NO2. The van der Waals surface area contributed by atoms with Gasteiger partial charge in [0.25, 0.3) is 5.91 Å². The Morgan fingerprint density at radius 3 is 2.64 bits per heavy atom. The van der Waals surface area contributed by atoms with Crippen molar-refractivity contribution in [3.8, 4) is 5.75 Å². The van der Waals surface area contributed by atoms with E-state index in [0.717, 1.165) is 12.3 Å². The summed E-state index contributed by atoms with van der Waals surface area (Å²) in [5, 5.41) is 3.30. The van der Waals surface area contributed by atoms with Crippen LogP contribution in [0, 0.1) is 16.7 Å². The number of rotatable bonds is 4. The number of ether oxygens (including phenoxy) is 1. The third kappa shape index (κ3) is 2.13. The van der Waals surface area contributed by atoms with Crippen molar-refractivity contribution < 1.29 is 9.53 Å². The minimum Gasteiger partial charge on any atom is -0.493 e. The Bertz CT molecular complexity index is 581. The number of benzene rings is 1. The first-order valence-corrected chi connectivity index (χ1v) is 8.43. The van der Waals surface area contributed by atoms with Crippen LogP contribution in [0.2, 0.25) is 0 Å². The van der Waals surface area contributed by atoms with Crippen LogP contribution in [0.25, 0.3) is 0 Å². The Balaban J connectivity index is 1.79. The second-order valence-corrected chi connectivity index (χ2v) is 7.57. The summed E-state index contributed by atoms with van der Waals surface area (Å²) in [6.45, 7) is 9.59. The molecule has 2 bridgehead atoms. The fourth-order valence-electron chi connectivity index (χ4n) is 4.59. The highest BCUT2D eigenvalue weighted by molar-refractivity contribution is 5.97. The normalized spacial score (nSPS) is 32.0. The zero-order chi connectivity index (χ0) is 16.0. The number of fused-ring (bicyclic) bond motifs is 2. The summed E-state index contributed by atoms with van der Waals surface area (Å²) in [5.41, 5.74) is 1.16. The molecule has 3 atom stereocenters. The molecule has 0 aliphatic heterocycles. The summed E-state index contributed by atoms with van der Waals surface area (Å²) in [6.07, 6.45) is 3.61. The van der Waals surface area contributed by atoms with Crippen molar-refractivity contribution in [2.45, 2.75) is 53.0 Å². The molecule has 2 fully saturated rings. The van der Waals surface area contributed by atoms with Gasteiger partial charge in [-0.05, 0) is 55.1 Å². The summed E-state index contributed by atoms with van der Waals surface area (Å²) in [6, 6.07) is 7.78. The van der Waals surface area contributed by atoms with E-state index >= 15 is 0 Å². The molecule has 2 aliphatic carbocycles. The molecule has 3 heteroatoms. The summed E-state index contributed by atoms with van der Waals surface area (Å²) >= 11 is 0. The van der Waals surface area contributed by atoms with Crippen molar-refractivity contribution in [3.63, 3.8) is 0 Å². The van der Waals surface area contributed by atoms with E-state index in [4.69, 9.17) is 4.74 Å². The molecule has 2 aliphatic rings. The zero-order valence-electron chi connectivity index (χ0n) is 14.1. The Kier molecular flexibility index (Phi) is 3.70. The molecule has 1 amide bonds. The maximum atomic E-state index is 12.7. The number of carbonyl (C=O) groups excluding carboxylic acids is 1. The molecule has 3 nitrogen and oxygen atoms in total. The minimum atomic E-state index is -0.00127. The molecule has 1 aromatic rings.